The van der Waals surface area contributed by atoms with Crippen LogP contribution in [0.2, 0.25) is 0 Å². The molecule has 1 heterocycles. The second-order valence-electron chi connectivity index (χ2n) is 7.92. The van der Waals surface area contributed by atoms with Crippen LogP contribution in [0.1, 0.15) is 32.3 Å². The van der Waals surface area contributed by atoms with Gasteiger partial charge in [0.05, 0.1) is 11.9 Å². The molecule has 0 aliphatic heterocycles. The van der Waals surface area contributed by atoms with E-state index in [9.17, 15) is 23.1 Å². The van der Waals surface area contributed by atoms with Gasteiger partial charge in [0.2, 0.25) is 10.0 Å². The molecular weight excluding hydrogens is 492 g/mol. The van der Waals surface area contributed by atoms with Crippen molar-refractivity contribution in [3.05, 3.63) is 36.2 Å². The molecule has 0 bridgehead atoms. The summed E-state index contributed by atoms with van der Waals surface area (Å²) in [5.74, 6) is -1.01. The van der Waals surface area contributed by atoms with Gasteiger partial charge in [-0.2, -0.15) is 0 Å². The van der Waals surface area contributed by atoms with Crippen molar-refractivity contribution in [3.8, 4) is 0 Å². The lowest BCUT2D eigenvalue weighted by Gasteiger charge is -2.27. The fourth-order valence-corrected chi connectivity index (χ4v) is 4.70. The first-order chi connectivity index (χ1) is 16.6. The highest BCUT2D eigenvalue weighted by molar-refractivity contribution is 8.01. The van der Waals surface area contributed by atoms with E-state index in [0.29, 0.717) is 30.5 Å². The summed E-state index contributed by atoms with van der Waals surface area (Å²) in [5.41, 5.74) is 2.36. The number of aromatic nitrogens is 2. The number of benzene rings is 1. The largest absolute Gasteiger partial charge is 0.480 e. The number of carboxylic acids is 1. The van der Waals surface area contributed by atoms with Gasteiger partial charge in [0.25, 0.3) is 0 Å². The van der Waals surface area contributed by atoms with E-state index in [2.05, 4.69) is 15.0 Å². The van der Waals surface area contributed by atoms with Gasteiger partial charge in [-0.05, 0) is 44.0 Å². The Morgan fingerprint density at radius 3 is 2.57 bits per heavy atom. The van der Waals surface area contributed by atoms with E-state index in [-0.39, 0.29) is 19.1 Å². The van der Waals surface area contributed by atoms with Crippen molar-refractivity contribution < 1.29 is 23.1 Å². The number of nitrogens with zero attached hydrogens (tertiary/aromatic N) is 4. The Kier molecular flexibility index (Phi) is 10.9. The van der Waals surface area contributed by atoms with Gasteiger partial charge in [0.1, 0.15) is 6.54 Å². The number of aryl methyl sites for hydroxylation is 1. The Hall–Kier alpha value is -2.77. The summed E-state index contributed by atoms with van der Waals surface area (Å²) in [5, 5.41) is 12.5. The Morgan fingerprint density at radius 1 is 1.23 bits per heavy atom. The van der Waals surface area contributed by atoms with Gasteiger partial charge in [-0.3, -0.25) is 4.79 Å². The molecule has 0 aliphatic carbocycles. The zero-order chi connectivity index (χ0) is 26.0. The molecule has 0 aliphatic rings. The van der Waals surface area contributed by atoms with E-state index in [1.165, 1.54) is 15.1 Å². The summed E-state index contributed by atoms with van der Waals surface area (Å²) in [6.07, 6.45) is 5.96. The van der Waals surface area contributed by atoms with Crippen LogP contribution in [0.25, 0.3) is 0 Å². The molecule has 0 atom stereocenters. The molecule has 1 aromatic heterocycles. The molecule has 0 fully saturated rings. The standard InChI is InChI=1S/C22H34N6O5S2/c1-5-7-10-23-21(31)28(34-22-24-11-13-27(22)16-20(29)30)19-9-8-18(15-17(19)3)26(6-2)14-12-25-35(4,32)33/h8-9,11,13,15,25H,5-7,10,12,14,16H2,1-4H3,(H,23,31)(H,29,30). The third-order valence-electron chi connectivity index (χ3n) is 5.04. The van der Waals surface area contributed by atoms with Crippen molar-refractivity contribution in [2.24, 2.45) is 0 Å². The molecule has 0 saturated carbocycles. The number of urea groups is 1. The molecule has 2 aromatic rings. The first-order valence-corrected chi connectivity index (χ1v) is 14.0. The smallest absolute Gasteiger partial charge is 0.332 e. The van der Waals surface area contributed by atoms with Gasteiger partial charge in [0, 0.05) is 56.2 Å². The van der Waals surface area contributed by atoms with Crippen LogP contribution in [0.15, 0.2) is 35.7 Å². The summed E-state index contributed by atoms with van der Waals surface area (Å²) in [6, 6.07) is 5.32. The summed E-state index contributed by atoms with van der Waals surface area (Å²) >= 11 is 1.05. The maximum Gasteiger partial charge on any atom is 0.332 e. The van der Waals surface area contributed by atoms with Gasteiger partial charge in [-0.25, -0.2) is 27.2 Å². The highest BCUT2D eigenvalue weighted by atomic mass is 32.2. The minimum absolute atomic E-state index is 0.265. The van der Waals surface area contributed by atoms with Crippen LogP contribution in [0.4, 0.5) is 16.2 Å². The number of nitrogens with one attached hydrogen (secondary N) is 2. The van der Waals surface area contributed by atoms with Crippen LogP contribution in [0.5, 0.6) is 0 Å². The van der Waals surface area contributed by atoms with Gasteiger partial charge in [-0.15, -0.1) is 0 Å². The number of imidazole rings is 1. The molecule has 2 rings (SSSR count). The van der Waals surface area contributed by atoms with Crippen molar-refractivity contribution >= 4 is 45.3 Å². The molecule has 2 amide bonds. The summed E-state index contributed by atoms with van der Waals surface area (Å²) < 4.78 is 28.2. The van der Waals surface area contributed by atoms with Crippen molar-refractivity contribution in [2.45, 2.75) is 45.3 Å². The first-order valence-electron chi connectivity index (χ1n) is 11.3. The number of carbonyl (C=O) groups excluding carboxylic acids is 1. The Balaban J connectivity index is 2.30. The van der Waals surface area contributed by atoms with E-state index in [1.807, 2.05) is 43.9 Å². The lowest BCUT2D eigenvalue weighted by atomic mass is 10.1. The molecule has 0 spiro atoms. The summed E-state index contributed by atoms with van der Waals surface area (Å²) in [4.78, 5) is 30.6. The van der Waals surface area contributed by atoms with Crippen molar-refractivity contribution in [1.29, 1.82) is 0 Å². The van der Waals surface area contributed by atoms with Gasteiger partial charge < -0.3 is 19.9 Å². The van der Waals surface area contributed by atoms with E-state index in [1.54, 1.807) is 6.20 Å². The number of aliphatic carboxylic acids is 1. The predicted octanol–water partition coefficient (Wildman–Crippen LogP) is 2.68. The molecule has 35 heavy (non-hydrogen) atoms. The second-order valence-corrected chi connectivity index (χ2v) is 10.7. The molecule has 0 saturated heterocycles. The maximum atomic E-state index is 13.1. The van der Waals surface area contributed by atoms with E-state index in [0.717, 1.165) is 42.3 Å². The normalized spacial score (nSPS) is 11.3. The Bertz CT molecular complexity index is 1110. The minimum atomic E-state index is -3.27. The highest BCUT2D eigenvalue weighted by Gasteiger charge is 2.23. The highest BCUT2D eigenvalue weighted by Crippen LogP contribution is 2.33. The number of carboxylic acid groups (broad SMARTS) is 1. The molecule has 3 N–H and O–H groups in total. The van der Waals surface area contributed by atoms with Crippen LogP contribution in [0, 0.1) is 6.92 Å². The number of hydrogen-bond acceptors (Lipinski definition) is 7. The number of hydrogen-bond donors (Lipinski definition) is 3. The van der Waals surface area contributed by atoms with Crippen LogP contribution in [-0.2, 0) is 21.4 Å². The second kappa shape index (κ2) is 13.4. The molecule has 1 aromatic carbocycles. The van der Waals surface area contributed by atoms with E-state index < -0.39 is 16.0 Å². The van der Waals surface area contributed by atoms with Crippen molar-refractivity contribution in [1.82, 2.24) is 19.6 Å². The lowest BCUT2D eigenvalue weighted by molar-refractivity contribution is -0.137. The molecule has 11 nitrogen and oxygen atoms in total. The zero-order valence-corrected chi connectivity index (χ0v) is 22.2. The van der Waals surface area contributed by atoms with Crippen molar-refractivity contribution in [2.75, 3.05) is 41.6 Å². The maximum absolute atomic E-state index is 13.1. The number of carbonyl (C=O) groups is 2. The van der Waals surface area contributed by atoms with Gasteiger partial charge in [0.15, 0.2) is 5.16 Å². The van der Waals surface area contributed by atoms with Gasteiger partial charge >= 0.3 is 12.0 Å². The van der Waals surface area contributed by atoms with Crippen LogP contribution >= 0.6 is 11.9 Å². The monoisotopic (exact) mass is 526 g/mol. The van der Waals surface area contributed by atoms with E-state index in [4.69, 9.17) is 0 Å². The minimum Gasteiger partial charge on any atom is -0.480 e. The molecular formula is C22H34N6O5S2. The summed E-state index contributed by atoms with van der Waals surface area (Å²) in [6.45, 7) is 7.60. The number of sulfonamides is 1. The van der Waals surface area contributed by atoms with Crippen LogP contribution in [-0.4, -0.2) is 67.5 Å². The lowest BCUT2D eigenvalue weighted by Crippen LogP contribution is -2.37. The molecule has 194 valence electrons. The zero-order valence-electron chi connectivity index (χ0n) is 20.5. The first kappa shape index (κ1) is 28.5. The van der Waals surface area contributed by atoms with Crippen LogP contribution in [0.3, 0.4) is 0 Å². The number of anilines is 2. The Labute approximate surface area is 211 Å². The van der Waals surface area contributed by atoms with Crippen molar-refractivity contribution in [3.63, 3.8) is 0 Å². The fraction of sp³-hybridized carbons (Fsp3) is 0.500. The average Bonchev–Trinajstić information content (AvgIpc) is 3.20. The topological polar surface area (TPSA) is 137 Å². The fourth-order valence-electron chi connectivity index (χ4n) is 3.28. The van der Waals surface area contributed by atoms with Gasteiger partial charge in [-0.1, -0.05) is 13.3 Å². The van der Waals surface area contributed by atoms with E-state index >= 15 is 0 Å². The average molecular weight is 527 g/mol. The SMILES string of the molecule is CCCCNC(=O)N(Sc1nccn1CC(=O)O)c1ccc(N(CC)CCNS(C)(=O)=O)cc1C. The molecule has 13 heteroatoms. The third-order valence-corrected chi connectivity index (χ3v) is 6.82. The quantitative estimate of drug-likeness (QED) is 0.252. The Morgan fingerprint density at radius 2 is 1.97 bits per heavy atom. The predicted molar refractivity (Wildman–Crippen MR) is 138 cm³/mol. The number of rotatable bonds is 14. The number of likely N-dealkylation sites (N-methyl/N-ethyl adjacent to an activating group) is 1. The molecule has 0 unspecified atom stereocenters. The third kappa shape index (κ3) is 9.07. The number of unbranched alkanes of at least 4 members (excludes halogenated alkanes) is 1. The van der Waals surface area contributed by atoms with Crippen LogP contribution < -0.4 is 19.2 Å². The molecule has 0 radical (unpaired) electrons. The number of amides is 2. The summed E-state index contributed by atoms with van der Waals surface area (Å²) in [7, 11) is -3.27.